The molecule has 0 spiro atoms. The molecule has 0 saturated heterocycles. The summed E-state index contributed by atoms with van der Waals surface area (Å²) in [6, 6.07) is 6.04. The second-order valence-electron chi connectivity index (χ2n) is 8.78. The Morgan fingerprint density at radius 3 is 2.53 bits per heavy atom. The number of nitrogens with zero attached hydrogens (tertiary/aromatic N) is 1. The molecule has 0 fully saturated rings. The van der Waals surface area contributed by atoms with Crippen LogP contribution in [0.15, 0.2) is 36.4 Å². The number of para-hydroxylation sites is 2. The van der Waals surface area contributed by atoms with Gasteiger partial charge in [0.25, 0.3) is 11.8 Å². The number of anilines is 1. The number of allylic oxidation sites excluding steroid dienone is 1. The number of nitrogens with one attached hydrogen (secondary N) is 1. The minimum atomic E-state index is -1.74. The van der Waals surface area contributed by atoms with Crippen molar-refractivity contribution in [2.45, 2.75) is 58.2 Å². The van der Waals surface area contributed by atoms with E-state index in [4.69, 9.17) is 9.47 Å². The number of rotatable bonds is 8. The zero-order valence-corrected chi connectivity index (χ0v) is 19.2. The number of hydrogen-bond acceptors (Lipinski definition) is 7. The van der Waals surface area contributed by atoms with E-state index in [2.05, 4.69) is 5.32 Å². The Bertz CT molecular complexity index is 821. The fourth-order valence-electron chi connectivity index (χ4n) is 3.32. The van der Waals surface area contributed by atoms with E-state index in [1.54, 1.807) is 30.3 Å². The van der Waals surface area contributed by atoms with Crippen molar-refractivity contribution in [2.24, 2.45) is 5.41 Å². The molecule has 1 aromatic carbocycles. The molecule has 1 aliphatic heterocycles. The lowest BCUT2D eigenvalue weighted by molar-refractivity contribution is -0.150. The highest BCUT2D eigenvalue weighted by Gasteiger charge is 2.38. The van der Waals surface area contributed by atoms with Crippen LogP contribution in [0.2, 0.25) is 0 Å². The minimum Gasteiger partial charge on any atom is -0.489 e. The lowest BCUT2D eigenvalue weighted by atomic mass is 9.94. The van der Waals surface area contributed by atoms with Gasteiger partial charge in [0, 0.05) is 13.7 Å². The standard InChI is InChI=1S/C23H34N2O7/c1-6-25-15-9-7-8-10-17(15)32-13-14(22(25)30)24-21(29)20(31-5)19(28)18(27)16(26)11-12-23(2,3)4/h7-12,14,16,18-20,26-28H,6,13H2,1-5H3,(H,24,29)/t14-,16+,18-,19+,20+/m0/s1. The molecule has 0 saturated carbocycles. The van der Waals surface area contributed by atoms with Crippen molar-refractivity contribution in [1.29, 1.82) is 0 Å². The first kappa shape index (κ1) is 25.8. The van der Waals surface area contributed by atoms with Gasteiger partial charge in [-0.25, -0.2) is 0 Å². The van der Waals surface area contributed by atoms with Crippen molar-refractivity contribution in [1.82, 2.24) is 5.32 Å². The minimum absolute atomic E-state index is 0.107. The molecule has 4 N–H and O–H groups in total. The van der Waals surface area contributed by atoms with Crippen molar-refractivity contribution in [3.05, 3.63) is 36.4 Å². The Balaban J connectivity index is 2.12. The summed E-state index contributed by atoms with van der Waals surface area (Å²) in [5, 5.41) is 33.5. The molecule has 9 heteroatoms. The van der Waals surface area contributed by atoms with E-state index < -0.39 is 36.4 Å². The molecule has 1 aliphatic rings. The van der Waals surface area contributed by atoms with Gasteiger partial charge >= 0.3 is 0 Å². The van der Waals surface area contributed by atoms with Gasteiger partial charge in [0.15, 0.2) is 6.10 Å². The Labute approximate surface area is 188 Å². The molecule has 0 bridgehead atoms. The Hall–Kier alpha value is -2.46. The number of likely N-dealkylation sites (N-methyl/N-ethyl adjacent to an activating group) is 1. The van der Waals surface area contributed by atoms with Crippen LogP contribution in [0.4, 0.5) is 5.69 Å². The summed E-state index contributed by atoms with van der Waals surface area (Å²) in [5.74, 6) is -0.661. The maximum atomic E-state index is 13.0. The largest absolute Gasteiger partial charge is 0.489 e. The van der Waals surface area contributed by atoms with E-state index in [1.807, 2.05) is 27.7 Å². The molecule has 0 aliphatic carbocycles. The van der Waals surface area contributed by atoms with Crippen LogP contribution in [0.25, 0.3) is 0 Å². The van der Waals surface area contributed by atoms with Gasteiger partial charge in [-0.1, -0.05) is 45.1 Å². The summed E-state index contributed by atoms with van der Waals surface area (Å²) in [6.45, 7) is 7.80. The topological polar surface area (TPSA) is 129 Å². The normalized spacial score (nSPS) is 20.7. The van der Waals surface area contributed by atoms with Crippen LogP contribution in [0.1, 0.15) is 27.7 Å². The molecule has 1 aromatic rings. The molecule has 0 aromatic heterocycles. The highest BCUT2D eigenvalue weighted by atomic mass is 16.5. The van der Waals surface area contributed by atoms with Gasteiger partial charge in [0.2, 0.25) is 0 Å². The maximum absolute atomic E-state index is 13.0. The average molecular weight is 451 g/mol. The van der Waals surface area contributed by atoms with Gasteiger partial charge < -0.3 is 35.0 Å². The number of benzene rings is 1. The molecular weight excluding hydrogens is 416 g/mol. The third-order valence-corrected chi connectivity index (χ3v) is 5.07. The number of carbonyl (C=O) groups is 2. The SMILES string of the molecule is CCN1C(=O)[C@@H](NC(=O)[C@H](OC)[C@H](O)[C@@H](O)[C@H](O)C=CC(C)(C)C)COc2ccccc21. The first-order chi connectivity index (χ1) is 15.0. The zero-order chi connectivity index (χ0) is 24.1. The van der Waals surface area contributed by atoms with Crippen molar-refractivity contribution >= 4 is 17.5 Å². The van der Waals surface area contributed by atoms with Gasteiger partial charge in [-0.05, 0) is 24.5 Å². The van der Waals surface area contributed by atoms with E-state index in [9.17, 15) is 24.9 Å². The number of aliphatic hydroxyl groups is 3. The van der Waals surface area contributed by atoms with Crippen molar-refractivity contribution < 1.29 is 34.4 Å². The first-order valence-electron chi connectivity index (χ1n) is 10.6. The number of carbonyl (C=O) groups excluding carboxylic acids is 2. The van der Waals surface area contributed by atoms with Crippen LogP contribution in [-0.2, 0) is 14.3 Å². The van der Waals surface area contributed by atoms with E-state index in [-0.39, 0.29) is 17.9 Å². The third kappa shape index (κ3) is 6.29. The van der Waals surface area contributed by atoms with Gasteiger partial charge in [-0.15, -0.1) is 0 Å². The number of amides is 2. The number of fused-ring (bicyclic) bond motifs is 1. The predicted molar refractivity (Wildman–Crippen MR) is 119 cm³/mol. The second-order valence-corrected chi connectivity index (χ2v) is 8.78. The predicted octanol–water partition coefficient (Wildman–Crippen LogP) is 0.617. The highest BCUT2D eigenvalue weighted by Crippen LogP contribution is 2.30. The monoisotopic (exact) mass is 450 g/mol. The van der Waals surface area contributed by atoms with Crippen molar-refractivity contribution in [3.63, 3.8) is 0 Å². The molecule has 2 rings (SSSR count). The molecule has 178 valence electrons. The average Bonchev–Trinajstić information content (AvgIpc) is 2.87. The molecular formula is C23H34N2O7. The van der Waals surface area contributed by atoms with Crippen LogP contribution >= 0.6 is 0 Å². The van der Waals surface area contributed by atoms with E-state index in [0.717, 1.165) is 0 Å². The van der Waals surface area contributed by atoms with E-state index in [0.29, 0.717) is 18.0 Å². The van der Waals surface area contributed by atoms with Gasteiger partial charge in [-0.3, -0.25) is 9.59 Å². The summed E-state index contributed by atoms with van der Waals surface area (Å²) in [5.41, 5.74) is 0.357. The van der Waals surface area contributed by atoms with Crippen LogP contribution in [0.5, 0.6) is 5.75 Å². The van der Waals surface area contributed by atoms with Crippen LogP contribution in [-0.4, -0.2) is 77.9 Å². The van der Waals surface area contributed by atoms with E-state index >= 15 is 0 Å². The molecule has 32 heavy (non-hydrogen) atoms. The Morgan fingerprint density at radius 2 is 1.94 bits per heavy atom. The van der Waals surface area contributed by atoms with Gasteiger partial charge in [0.05, 0.1) is 5.69 Å². The molecule has 1 heterocycles. The summed E-state index contributed by atoms with van der Waals surface area (Å²) in [4.78, 5) is 27.3. The summed E-state index contributed by atoms with van der Waals surface area (Å²) >= 11 is 0. The van der Waals surface area contributed by atoms with Crippen molar-refractivity contribution in [2.75, 3.05) is 25.2 Å². The lowest BCUT2D eigenvalue weighted by Gasteiger charge is -2.29. The van der Waals surface area contributed by atoms with Crippen LogP contribution < -0.4 is 15.0 Å². The summed E-state index contributed by atoms with van der Waals surface area (Å²) in [6.07, 6.45) is -3.30. The quantitative estimate of drug-likeness (QED) is 0.427. The van der Waals surface area contributed by atoms with Gasteiger partial charge in [0.1, 0.15) is 36.7 Å². The van der Waals surface area contributed by atoms with Crippen LogP contribution in [0.3, 0.4) is 0 Å². The third-order valence-electron chi connectivity index (χ3n) is 5.07. The molecule has 2 amide bonds. The fourth-order valence-corrected chi connectivity index (χ4v) is 3.32. The number of aliphatic hydroxyl groups excluding tert-OH is 3. The number of methoxy groups -OCH3 is 1. The second kappa shape index (κ2) is 10.9. The number of ether oxygens (including phenoxy) is 2. The van der Waals surface area contributed by atoms with Crippen molar-refractivity contribution in [3.8, 4) is 5.75 Å². The fraction of sp³-hybridized carbons (Fsp3) is 0.565. The molecule has 0 unspecified atom stereocenters. The summed E-state index contributed by atoms with van der Waals surface area (Å²) in [7, 11) is 1.19. The number of hydrogen-bond donors (Lipinski definition) is 4. The van der Waals surface area contributed by atoms with Gasteiger partial charge in [-0.2, -0.15) is 0 Å². The highest BCUT2D eigenvalue weighted by molar-refractivity contribution is 6.01. The maximum Gasteiger partial charge on any atom is 0.253 e. The molecule has 9 nitrogen and oxygen atoms in total. The molecule has 0 radical (unpaired) electrons. The Kier molecular flexibility index (Phi) is 8.80. The smallest absolute Gasteiger partial charge is 0.253 e. The van der Waals surface area contributed by atoms with Crippen LogP contribution in [0, 0.1) is 5.41 Å². The lowest BCUT2D eigenvalue weighted by Crippen LogP contribution is -2.57. The first-order valence-corrected chi connectivity index (χ1v) is 10.6. The molecule has 5 atom stereocenters. The Morgan fingerprint density at radius 1 is 1.28 bits per heavy atom. The zero-order valence-electron chi connectivity index (χ0n) is 19.2. The van der Waals surface area contributed by atoms with E-state index in [1.165, 1.54) is 18.1 Å². The summed E-state index contributed by atoms with van der Waals surface area (Å²) < 4.78 is 10.8.